The summed E-state index contributed by atoms with van der Waals surface area (Å²) in [5, 5.41) is 2.62. The first-order valence-corrected chi connectivity index (χ1v) is 9.49. The number of likely N-dealkylation sites (tertiary alicyclic amines) is 1. The molecule has 1 aromatic heterocycles. The number of aromatic nitrogens is 2. The number of nitrogens with one attached hydrogen (secondary N) is 1. The smallest absolute Gasteiger partial charge is 0.326 e. The predicted octanol–water partition coefficient (Wildman–Crippen LogP) is 5.06. The number of hydrogen-bond donors (Lipinski definition) is 1. The van der Waals surface area contributed by atoms with Crippen LogP contribution in [0.4, 0.5) is 23.7 Å². The Balaban J connectivity index is 1.51. The topological polar surface area (TPSA) is 50.2 Å². The van der Waals surface area contributed by atoms with Gasteiger partial charge in [-0.1, -0.05) is 18.2 Å². The molecule has 0 bridgehead atoms. The van der Waals surface area contributed by atoms with Crippen molar-refractivity contribution in [2.24, 2.45) is 0 Å². The molecule has 3 aromatic rings. The first kappa shape index (κ1) is 19.3. The summed E-state index contributed by atoms with van der Waals surface area (Å²) in [7, 11) is 0. The van der Waals surface area contributed by atoms with Crippen LogP contribution in [-0.4, -0.2) is 33.1 Å². The van der Waals surface area contributed by atoms with Crippen molar-refractivity contribution in [3.8, 4) is 0 Å². The van der Waals surface area contributed by atoms with E-state index in [0.29, 0.717) is 13.1 Å². The molecule has 1 N–H and O–H groups in total. The summed E-state index contributed by atoms with van der Waals surface area (Å²) in [6, 6.07) is 12.1. The van der Waals surface area contributed by atoms with Gasteiger partial charge in [0.1, 0.15) is 5.82 Å². The van der Waals surface area contributed by atoms with Gasteiger partial charge in [-0.3, -0.25) is 0 Å². The Morgan fingerprint density at radius 1 is 1.21 bits per heavy atom. The fourth-order valence-corrected chi connectivity index (χ4v) is 3.90. The summed E-state index contributed by atoms with van der Waals surface area (Å²) in [4.78, 5) is 19.0. The third-order valence-electron chi connectivity index (χ3n) is 5.32. The zero-order chi connectivity index (χ0) is 20.6. The Bertz CT molecular complexity index is 1040. The van der Waals surface area contributed by atoms with Gasteiger partial charge in [0.25, 0.3) is 0 Å². The van der Waals surface area contributed by atoms with Crippen LogP contribution >= 0.6 is 0 Å². The number of anilines is 1. The number of imidazole rings is 1. The van der Waals surface area contributed by atoms with E-state index in [1.807, 2.05) is 31.2 Å². The number of urea groups is 1. The van der Waals surface area contributed by atoms with E-state index in [0.717, 1.165) is 41.8 Å². The highest BCUT2D eigenvalue weighted by Gasteiger charge is 2.32. The number of alkyl halides is 3. The fraction of sp³-hybridized carbons (Fsp3) is 0.333. The lowest BCUT2D eigenvalue weighted by molar-refractivity contribution is -0.137. The van der Waals surface area contributed by atoms with Crippen LogP contribution in [0.15, 0.2) is 48.5 Å². The number of carbonyl (C=O) groups excluding carboxylic acids is 1. The average molecular weight is 402 g/mol. The second-order valence-corrected chi connectivity index (χ2v) is 7.26. The SMILES string of the molecule is Cc1nc2ccccc2n1CC1CCCN1C(=O)Nc1cccc(C(F)(F)F)c1. The highest BCUT2D eigenvalue weighted by atomic mass is 19.4. The van der Waals surface area contributed by atoms with Gasteiger partial charge in [-0.15, -0.1) is 0 Å². The van der Waals surface area contributed by atoms with Gasteiger partial charge in [-0.25, -0.2) is 9.78 Å². The number of para-hydroxylation sites is 2. The van der Waals surface area contributed by atoms with E-state index in [1.165, 1.54) is 12.1 Å². The van der Waals surface area contributed by atoms with Crippen molar-refractivity contribution in [3.63, 3.8) is 0 Å². The molecular formula is C21H21F3N4O. The van der Waals surface area contributed by atoms with Crippen molar-refractivity contribution in [2.75, 3.05) is 11.9 Å². The Morgan fingerprint density at radius 3 is 2.79 bits per heavy atom. The monoisotopic (exact) mass is 402 g/mol. The van der Waals surface area contributed by atoms with Gasteiger partial charge in [0, 0.05) is 18.8 Å². The molecule has 0 spiro atoms. The molecule has 152 valence electrons. The van der Waals surface area contributed by atoms with Crippen molar-refractivity contribution < 1.29 is 18.0 Å². The third-order valence-corrected chi connectivity index (χ3v) is 5.32. The Hall–Kier alpha value is -3.03. The number of nitrogens with zero attached hydrogens (tertiary/aromatic N) is 3. The molecule has 29 heavy (non-hydrogen) atoms. The van der Waals surface area contributed by atoms with Gasteiger partial charge >= 0.3 is 12.2 Å². The zero-order valence-corrected chi connectivity index (χ0v) is 15.9. The van der Waals surface area contributed by atoms with Gasteiger partial charge < -0.3 is 14.8 Å². The minimum absolute atomic E-state index is 0.0443. The average Bonchev–Trinajstić information content (AvgIpc) is 3.26. The number of aryl methyl sites for hydroxylation is 1. The van der Waals surface area contributed by atoms with E-state index < -0.39 is 11.7 Å². The maximum absolute atomic E-state index is 12.9. The molecule has 5 nitrogen and oxygen atoms in total. The highest BCUT2D eigenvalue weighted by Crippen LogP contribution is 2.31. The fourth-order valence-electron chi connectivity index (χ4n) is 3.90. The minimum Gasteiger partial charge on any atom is -0.326 e. The number of halogens is 3. The van der Waals surface area contributed by atoms with E-state index >= 15 is 0 Å². The Morgan fingerprint density at radius 2 is 2.00 bits per heavy atom. The van der Waals surface area contributed by atoms with Crippen molar-refractivity contribution in [1.82, 2.24) is 14.5 Å². The lowest BCUT2D eigenvalue weighted by Crippen LogP contribution is -2.40. The lowest BCUT2D eigenvalue weighted by atomic mass is 10.2. The predicted molar refractivity (Wildman–Crippen MR) is 105 cm³/mol. The number of benzene rings is 2. The molecule has 1 aliphatic heterocycles. The molecule has 2 heterocycles. The molecule has 0 aliphatic carbocycles. The van der Waals surface area contributed by atoms with Crippen molar-refractivity contribution in [3.05, 3.63) is 59.9 Å². The summed E-state index contributed by atoms with van der Waals surface area (Å²) in [5.74, 6) is 0.872. The van der Waals surface area contributed by atoms with Crippen LogP contribution in [0.2, 0.25) is 0 Å². The summed E-state index contributed by atoms with van der Waals surface area (Å²) >= 11 is 0. The van der Waals surface area contributed by atoms with E-state index in [9.17, 15) is 18.0 Å². The maximum atomic E-state index is 12.9. The Kier molecular flexibility index (Phi) is 4.94. The molecule has 1 saturated heterocycles. The standard InChI is InChI=1S/C21H21F3N4O/c1-14-25-18-9-2-3-10-19(18)28(14)13-17-8-5-11-27(17)20(29)26-16-7-4-6-15(12-16)21(22,23)24/h2-4,6-7,9-10,12,17H,5,8,11,13H2,1H3,(H,26,29). The van der Waals surface area contributed by atoms with Crippen LogP contribution in [0.1, 0.15) is 24.2 Å². The molecule has 0 saturated carbocycles. The van der Waals surface area contributed by atoms with E-state index in [4.69, 9.17) is 0 Å². The first-order chi connectivity index (χ1) is 13.8. The zero-order valence-electron chi connectivity index (χ0n) is 15.9. The molecule has 0 radical (unpaired) electrons. The second-order valence-electron chi connectivity index (χ2n) is 7.26. The summed E-state index contributed by atoms with van der Waals surface area (Å²) in [6.07, 6.45) is -2.76. The van der Waals surface area contributed by atoms with E-state index in [2.05, 4.69) is 14.9 Å². The molecule has 2 amide bonds. The third kappa shape index (κ3) is 3.92. The summed E-state index contributed by atoms with van der Waals surface area (Å²) < 4.78 is 40.8. The molecule has 8 heteroatoms. The van der Waals surface area contributed by atoms with Crippen LogP contribution in [0.5, 0.6) is 0 Å². The van der Waals surface area contributed by atoms with Crippen LogP contribution in [0, 0.1) is 6.92 Å². The second kappa shape index (κ2) is 7.42. The summed E-state index contributed by atoms with van der Waals surface area (Å²) in [6.45, 7) is 3.10. The van der Waals surface area contributed by atoms with Crippen molar-refractivity contribution in [1.29, 1.82) is 0 Å². The number of hydrogen-bond acceptors (Lipinski definition) is 2. The molecule has 1 atom stereocenters. The molecule has 2 aromatic carbocycles. The van der Waals surface area contributed by atoms with Crippen LogP contribution in [-0.2, 0) is 12.7 Å². The lowest BCUT2D eigenvalue weighted by Gasteiger charge is -2.26. The number of amides is 2. The normalized spacial score (nSPS) is 17.1. The van der Waals surface area contributed by atoms with Crippen LogP contribution in [0.25, 0.3) is 11.0 Å². The van der Waals surface area contributed by atoms with Gasteiger partial charge in [-0.2, -0.15) is 13.2 Å². The molecule has 4 rings (SSSR count). The minimum atomic E-state index is -4.45. The van der Waals surface area contributed by atoms with E-state index in [1.54, 1.807) is 4.90 Å². The molecule has 1 aliphatic rings. The largest absolute Gasteiger partial charge is 0.416 e. The first-order valence-electron chi connectivity index (χ1n) is 9.49. The number of rotatable bonds is 3. The van der Waals surface area contributed by atoms with Gasteiger partial charge in [0.15, 0.2) is 0 Å². The van der Waals surface area contributed by atoms with E-state index in [-0.39, 0.29) is 17.8 Å². The maximum Gasteiger partial charge on any atom is 0.416 e. The van der Waals surface area contributed by atoms with Crippen LogP contribution < -0.4 is 5.32 Å². The number of carbonyl (C=O) groups is 1. The molecular weight excluding hydrogens is 381 g/mol. The highest BCUT2D eigenvalue weighted by molar-refractivity contribution is 5.89. The molecule has 1 unspecified atom stereocenters. The van der Waals surface area contributed by atoms with Crippen molar-refractivity contribution in [2.45, 2.75) is 38.5 Å². The quantitative estimate of drug-likeness (QED) is 0.666. The van der Waals surface area contributed by atoms with Gasteiger partial charge in [0.2, 0.25) is 0 Å². The van der Waals surface area contributed by atoms with Gasteiger partial charge in [-0.05, 0) is 50.1 Å². The summed E-state index contributed by atoms with van der Waals surface area (Å²) in [5.41, 5.74) is 1.27. The Labute approximate surface area is 166 Å². The molecule has 1 fully saturated rings. The van der Waals surface area contributed by atoms with Gasteiger partial charge in [0.05, 0.1) is 22.6 Å². The van der Waals surface area contributed by atoms with Crippen LogP contribution in [0.3, 0.4) is 0 Å². The number of fused-ring (bicyclic) bond motifs is 1. The van der Waals surface area contributed by atoms with Crippen molar-refractivity contribution >= 4 is 22.8 Å².